The number of hydrogen-bond donors (Lipinski definition) is 0. The minimum Gasteiger partial charge on any atom is -0.493 e. The molecule has 0 radical (unpaired) electrons. The third-order valence-corrected chi connectivity index (χ3v) is 2.34. The van der Waals surface area contributed by atoms with Crippen molar-refractivity contribution in [3.05, 3.63) is 11.9 Å². The molecule has 0 aromatic carbocycles. The van der Waals surface area contributed by atoms with Crippen LogP contribution in [0.25, 0.3) is 0 Å². The van der Waals surface area contributed by atoms with E-state index >= 15 is 0 Å². The number of methoxy groups -OCH3 is 3. The van der Waals surface area contributed by atoms with E-state index in [1.165, 1.54) is 27.5 Å². The van der Waals surface area contributed by atoms with Crippen LogP contribution >= 0.6 is 0 Å². The molecule has 0 amide bonds. The molecule has 0 aliphatic heterocycles. The summed E-state index contributed by atoms with van der Waals surface area (Å²) in [5.41, 5.74) is 0.378. The summed E-state index contributed by atoms with van der Waals surface area (Å²) in [6.07, 6.45) is 1.46. The van der Waals surface area contributed by atoms with Crippen molar-refractivity contribution in [1.82, 2.24) is 9.78 Å². The van der Waals surface area contributed by atoms with Gasteiger partial charge in [0.05, 0.1) is 13.3 Å². The van der Waals surface area contributed by atoms with Crippen LogP contribution in [0.5, 0.6) is 5.75 Å². The van der Waals surface area contributed by atoms with Gasteiger partial charge < -0.3 is 14.2 Å². The van der Waals surface area contributed by atoms with Crippen molar-refractivity contribution in [1.29, 1.82) is 0 Å². The van der Waals surface area contributed by atoms with Gasteiger partial charge in [0.1, 0.15) is 0 Å². The molecular formula is C11H18N2O4. The average molecular weight is 242 g/mol. The normalized spacial score (nSPS) is 10.9. The Balaban J connectivity index is 3.08. The summed E-state index contributed by atoms with van der Waals surface area (Å²) in [6.45, 7) is 2.65. The number of carbonyl (C=O) groups is 1. The number of aryl methyl sites for hydroxylation is 1. The molecule has 0 bridgehead atoms. The Morgan fingerprint density at radius 2 is 2.06 bits per heavy atom. The molecule has 1 aromatic heterocycles. The van der Waals surface area contributed by atoms with E-state index in [1.807, 2.05) is 6.92 Å². The number of ketones is 1. The smallest absolute Gasteiger partial charge is 0.240 e. The monoisotopic (exact) mass is 242 g/mol. The first kappa shape index (κ1) is 13.7. The average Bonchev–Trinajstić information content (AvgIpc) is 2.74. The predicted molar refractivity (Wildman–Crippen MR) is 61.2 cm³/mol. The van der Waals surface area contributed by atoms with Crippen LogP contribution in [0.15, 0.2) is 6.20 Å². The van der Waals surface area contributed by atoms with Gasteiger partial charge in [-0.25, -0.2) is 0 Å². The largest absolute Gasteiger partial charge is 0.493 e. The molecule has 0 aliphatic carbocycles. The van der Waals surface area contributed by atoms with Gasteiger partial charge in [0, 0.05) is 20.8 Å². The van der Waals surface area contributed by atoms with Gasteiger partial charge in [-0.2, -0.15) is 5.10 Å². The zero-order valence-electron chi connectivity index (χ0n) is 10.6. The maximum Gasteiger partial charge on any atom is 0.240 e. The van der Waals surface area contributed by atoms with Crippen molar-refractivity contribution < 1.29 is 19.0 Å². The predicted octanol–water partition coefficient (Wildman–Crippen LogP) is 1.10. The van der Waals surface area contributed by atoms with Crippen LogP contribution in [0, 0.1) is 0 Å². The Kier molecular flexibility index (Phi) is 5.11. The van der Waals surface area contributed by atoms with Gasteiger partial charge in [-0.3, -0.25) is 9.48 Å². The van der Waals surface area contributed by atoms with Crippen LogP contribution in [0.2, 0.25) is 0 Å². The van der Waals surface area contributed by atoms with Crippen molar-refractivity contribution in [2.75, 3.05) is 21.3 Å². The topological polar surface area (TPSA) is 62.6 Å². The third kappa shape index (κ3) is 2.83. The number of hydrogen-bond acceptors (Lipinski definition) is 5. The molecule has 0 fully saturated rings. The molecule has 1 aromatic rings. The standard InChI is InChI=1S/C11H18N2O4/c1-5-6-13-9(8(15-2)7-12-13)10(14)11(16-3)17-4/h7,11H,5-6H2,1-4H3. The maximum atomic E-state index is 12.2. The molecule has 0 atom stereocenters. The number of carbonyl (C=O) groups excluding carboxylic acids is 1. The summed E-state index contributed by atoms with van der Waals surface area (Å²) in [5.74, 6) is 0.139. The lowest BCUT2D eigenvalue weighted by molar-refractivity contribution is -0.0747. The lowest BCUT2D eigenvalue weighted by Gasteiger charge is -2.13. The summed E-state index contributed by atoms with van der Waals surface area (Å²) in [6, 6.07) is 0. The fourth-order valence-corrected chi connectivity index (χ4v) is 1.57. The molecule has 0 spiro atoms. The molecule has 0 N–H and O–H groups in total. The van der Waals surface area contributed by atoms with E-state index in [0.29, 0.717) is 18.0 Å². The second kappa shape index (κ2) is 6.36. The van der Waals surface area contributed by atoms with Crippen molar-refractivity contribution in [2.45, 2.75) is 26.2 Å². The van der Waals surface area contributed by atoms with Crippen LogP contribution < -0.4 is 4.74 Å². The first-order chi connectivity index (χ1) is 8.19. The number of ether oxygens (including phenoxy) is 3. The highest BCUT2D eigenvalue weighted by Crippen LogP contribution is 2.20. The molecule has 6 heteroatoms. The fraction of sp³-hybridized carbons (Fsp3) is 0.636. The van der Waals surface area contributed by atoms with E-state index in [1.54, 1.807) is 4.68 Å². The fourth-order valence-electron chi connectivity index (χ4n) is 1.57. The lowest BCUT2D eigenvalue weighted by Crippen LogP contribution is -2.27. The lowest BCUT2D eigenvalue weighted by atomic mass is 10.2. The first-order valence-corrected chi connectivity index (χ1v) is 5.39. The summed E-state index contributed by atoms with van der Waals surface area (Å²) in [4.78, 5) is 12.2. The molecule has 0 saturated heterocycles. The van der Waals surface area contributed by atoms with Gasteiger partial charge in [0.2, 0.25) is 12.1 Å². The van der Waals surface area contributed by atoms with Crippen molar-refractivity contribution in [3.63, 3.8) is 0 Å². The van der Waals surface area contributed by atoms with Crippen LogP contribution in [-0.2, 0) is 16.0 Å². The van der Waals surface area contributed by atoms with Crippen molar-refractivity contribution in [3.8, 4) is 5.75 Å². The van der Waals surface area contributed by atoms with E-state index in [4.69, 9.17) is 14.2 Å². The van der Waals surface area contributed by atoms with Gasteiger partial charge in [0.15, 0.2) is 11.4 Å². The molecule has 0 unspecified atom stereocenters. The van der Waals surface area contributed by atoms with Crippen LogP contribution in [0.4, 0.5) is 0 Å². The second-order valence-corrected chi connectivity index (χ2v) is 3.45. The Bertz CT molecular complexity index is 372. The molecule has 1 rings (SSSR count). The van der Waals surface area contributed by atoms with Crippen LogP contribution in [0.3, 0.4) is 0 Å². The van der Waals surface area contributed by atoms with Crippen molar-refractivity contribution >= 4 is 5.78 Å². The maximum absolute atomic E-state index is 12.2. The Morgan fingerprint density at radius 3 is 2.53 bits per heavy atom. The first-order valence-electron chi connectivity index (χ1n) is 5.39. The number of rotatable bonds is 7. The Morgan fingerprint density at radius 1 is 1.41 bits per heavy atom. The minimum atomic E-state index is -0.934. The summed E-state index contributed by atoms with van der Waals surface area (Å²) in [7, 11) is 4.33. The molecular weight excluding hydrogens is 224 g/mol. The van der Waals surface area contributed by atoms with E-state index in [2.05, 4.69) is 5.10 Å². The molecule has 0 saturated carbocycles. The van der Waals surface area contributed by atoms with Gasteiger partial charge >= 0.3 is 0 Å². The summed E-state index contributed by atoms with van der Waals surface area (Å²) < 4.78 is 16.6. The highest BCUT2D eigenvalue weighted by molar-refractivity contribution is 5.99. The van der Waals surface area contributed by atoms with Gasteiger partial charge in [-0.05, 0) is 6.42 Å². The van der Waals surface area contributed by atoms with Gasteiger partial charge in [-0.1, -0.05) is 6.92 Å². The SMILES string of the molecule is CCCn1ncc(OC)c1C(=O)C(OC)OC. The van der Waals surface area contributed by atoms with Crippen LogP contribution in [-0.4, -0.2) is 43.2 Å². The third-order valence-electron chi connectivity index (χ3n) is 2.34. The second-order valence-electron chi connectivity index (χ2n) is 3.45. The molecule has 17 heavy (non-hydrogen) atoms. The minimum absolute atomic E-state index is 0.294. The molecule has 6 nitrogen and oxygen atoms in total. The molecule has 0 aliphatic rings. The number of nitrogens with zero attached hydrogens (tertiary/aromatic N) is 2. The summed E-state index contributed by atoms with van der Waals surface area (Å²) in [5, 5.41) is 4.11. The highest BCUT2D eigenvalue weighted by atomic mass is 16.7. The quantitative estimate of drug-likeness (QED) is 0.529. The number of aromatic nitrogens is 2. The Hall–Kier alpha value is -1.40. The molecule has 96 valence electrons. The van der Waals surface area contributed by atoms with Crippen LogP contribution in [0.1, 0.15) is 23.8 Å². The van der Waals surface area contributed by atoms with E-state index < -0.39 is 6.29 Å². The van der Waals surface area contributed by atoms with Gasteiger partial charge in [0.25, 0.3) is 0 Å². The van der Waals surface area contributed by atoms with Crippen molar-refractivity contribution in [2.24, 2.45) is 0 Å². The summed E-state index contributed by atoms with van der Waals surface area (Å²) >= 11 is 0. The zero-order chi connectivity index (χ0) is 12.8. The molecule has 1 heterocycles. The van der Waals surface area contributed by atoms with E-state index in [-0.39, 0.29) is 5.78 Å². The number of Topliss-reactive ketones (excluding diaryl/α,β-unsaturated/α-hetero) is 1. The highest BCUT2D eigenvalue weighted by Gasteiger charge is 2.26. The van der Waals surface area contributed by atoms with Gasteiger partial charge in [-0.15, -0.1) is 0 Å². The Labute approximate surface area is 100 Å². The van der Waals surface area contributed by atoms with E-state index in [0.717, 1.165) is 6.42 Å². The van der Waals surface area contributed by atoms with E-state index in [9.17, 15) is 4.79 Å². The zero-order valence-corrected chi connectivity index (χ0v) is 10.6.